The van der Waals surface area contributed by atoms with Gasteiger partial charge in [0, 0.05) is 22.3 Å². The first kappa shape index (κ1) is 21.7. The van der Waals surface area contributed by atoms with E-state index in [-0.39, 0.29) is 5.75 Å². The zero-order chi connectivity index (χ0) is 23.5. The number of non-ortho nitro benzene ring substituents is 1. The lowest BCUT2D eigenvalue weighted by Gasteiger charge is -2.08. The SMILES string of the molecule is O=C(COc1ccc([N+](=O)[O-])cc1[N+](=O)[O-])Nc1ccc(-c2nc3cc(Cl)ccc3o2)cc1. The van der Waals surface area contributed by atoms with E-state index in [2.05, 4.69) is 10.3 Å². The van der Waals surface area contributed by atoms with E-state index in [1.54, 1.807) is 42.5 Å². The monoisotopic (exact) mass is 468 g/mol. The summed E-state index contributed by atoms with van der Waals surface area (Å²) in [6, 6.07) is 14.7. The molecule has 33 heavy (non-hydrogen) atoms. The van der Waals surface area contributed by atoms with Gasteiger partial charge in [-0.05, 0) is 48.5 Å². The van der Waals surface area contributed by atoms with E-state index < -0.39 is 33.7 Å². The molecule has 12 heteroatoms. The van der Waals surface area contributed by atoms with Gasteiger partial charge in [0.25, 0.3) is 11.6 Å². The highest BCUT2D eigenvalue weighted by Crippen LogP contribution is 2.31. The fourth-order valence-corrected chi connectivity index (χ4v) is 3.11. The van der Waals surface area contributed by atoms with Gasteiger partial charge in [-0.15, -0.1) is 0 Å². The number of oxazole rings is 1. The summed E-state index contributed by atoms with van der Waals surface area (Å²) in [6.45, 7) is -0.535. The van der Waals surface area contributed by atoms with E-state index in [0.717, 1.165) is 18.2 Å². The molecule has 0 fully saturated rings. The number of carbonyl (C=O) groups is 1. The normalized spacial score (nSPS) is 10.7. The van der Waals surface area contributed by atoms with Crippen molar-refractivity contribution in [3.63, 3.8) is 0 Å². The number of nitro groups is 2. The minimum Gasteiger partial charge on any atom is -0.477 e. The van der Waals surface area contributed by atoms with Crippen LogP contribution in [0.2, 0.25) is 5.02 Å². The number of nitrogens with zero attached hydrogens (tertiary/aromatic N) is 3. The number of benzene rings is 3. The van der Waals surface area contributed by atoms with Crippen LogP contribution in [0.4, 0.5) is 17.1 Å². The number of fused-ring (bicyclic) bond motifs is 1. The van der Waals surface area contributed by atoms with Crippen LogP contribution in [-0.4, -0.2) is 27.3 Å². The van der Waals surface area contributed by atoms with E-state index in [1.807, 2.05) is 0 Å². The van der Waals surface area contributed by atoms with Crippen LogP contribution in [0.3, 0.4) is 0 Å². The second-order valence-electron chi connectivity index (χ2n) is 6.71. The third-order valence-corrected chi connectivity index (χ3v) is 4.71. The van der Waals surface area contributed by atoms with Gasteiger partial charge in [0.2, 0.25) is 5.89 Å². The maximum absolute atomic E-state index is 12.2. The first-order chi connectivity index (χ1) is 15.8. The van der Waals surface area contributed by atoms with E-state index in [0.29, 0.717) is 33.3 Å². The molecule has 1 aromatic heterocycles. The zero-order valence-corrected chi connectivity index (χ0v) is 17.3. The van der Waals surface area contributed by atoms with Crippen molar-refractivity contribution in [2.75, 3.05) is 11.9 Å². The first-order valence-electron chi connectivity index (χ1n) is 9.32. The van der Waals surface area contributed by atoms with Gasteiger partial charge in [-0.3, -0.25) is 25.0 Å². The van der Waals surface area contributed by atoms with E-state index in [9.17, 15) is 25.0 Å². The fourth-order valence-electron chi connectivity index (χ4n) is 2.94. The highest BCUT2D eigenvalue weighted by Gasteiger charge is 2.21. The lowest BCUT2D eigenvalue weighted by atomic mass is 10.2. The third kappa shape index (κ3) is 4.88. The molecule has 0 spiro atoms. The molecule has 1 heterocycles. The van der Waals surface area contributed by atoms with Gasteiger partial charge in [-0.1, -0.05) is 11.6 Å². The molecule has 4 rings (SSSR count). The number of hydrogen-bond acceptors (Lipinski definition) is 8. The van der Waals surface area contributed by atoms with E-state index >= 15 is 0 Å². The van der Waals surface area contributed by atoms with Crippen LogP contribution < -0.4 is 10.1 Å². The molecule has 0 aliphatic carbocycles. The Labute approximate surface area is 189 Å². The Kier molecular flexibility index (Phi) is 5.87. The smallest absolute Gasteiger partial charge is 0.317 e. The molecule has 1 N–H and O–H groups in total. The van der Waals surface area contributed by atoms with Gasteiger partial charge in [0.1, 0.15) is 5.52 Å². The van der Waals surface area contributed by atoms with Crippen molar-refractivity contribution >= 4 is 45.7 Å². The summed E-state index contributed by atoms with van der Waals surface area (Å²) in [5, 5.41) is 25.1. The fraction of sp³-hybridized carbons (Fsp3) is 0.0476. The molecule has 0 aliphatic rings. The quantitative estimate of drug-likeness (QED) is 0.294. The first-order valence-corrected chi connectivity index (χ1v) is 9.70. The van der Waals surface area contributed by atoms with Crippen LogP contribution in [0, 0.1) is 20.2 Å². The Morgan fingerprint density at radius 1 is 1.03 bits per heavy atom. The molecule has 0 aliphatic heterocycles. The molecule has 0 bridgehead atoms. The van der Waals surface area contributed by atoms with Gasteiger partial charge in [-0.2, -0.15) is 0 Å². The summed E-state index contributed by atoms with van der Waals surface area (Å²) in [5.74, 6) is -0.446. The number of carbonyl (C=O) groups excluding carboxylic acids is 1. The summed E-state index contributed by atoms with van der Waals surface area (Å²) >= 11 is 5.96. The number of nitro benzene ring substituents is 2. The van der Waals surface area contributed by atoms with Crippen molar-refractivity contribution in [2.45, 2.75) is 0 Å². The van der Waals surface area contributed by atoms with Crippen LogP contribution in [0.5, 0.6) is 5.75 Å². The highest BCUT2D eigenvalue weighted by molar-refractivity contribution is 6.31. The van der Waals surface area contributed by atoms with Gasteiger partial charge in [-0.25, -0.2) is 4.98 Å². The minimum atomic E-state index is -0.820. The Morgan fingerprint density at radius 2 is 1.79 bits per heavy atom. The van der Waals surface area contributed by atoms with Gasteiger partial charge in [0.15, 0.2) is 17.9 Å². The van der Waals surface area contributed by atoms with Crippen LogP contribution in [0.1, 0.15) is 0 Å². The average molecular weight is 469 g/mol. The molecule has 0 radical (unpaired) electrons. The van der Waals surface area contributed by atoms with Gasteiger partial charge in [0.05, 0.1) is 15.9 Å². The maximum Gasteiger partial charge on any atom is 0.317 e. The van der Waals surface area contributed by atoms with Crippen molar-refractivity contribution < 1.29 is 23.8 Å². The molecule has 11 nitrogen and oxygen atoms in total. The molecular weight excluding hydrogens is 456 g/mol. The Bertz CT molecular complexity index is 1390. The van der Waals surface area contributed by atoms with Crippen LogP contribution in [-0.2, 0) is 4.79 Å². The number of hydrogen-bond donors (Lipinski definition) is 1. The predicted octanol–water partition coefficient (Wildman–Crippen LogP) is 4.98. The van der Waals surface area contributed by atoms with Crippen LogP contribution in [0.25, 0.3) is 22.6 Å². The number of anilines is 1. The average Bonchev–Trinajstić information content (AvgIpc) is 3.21. The van der Waals surface area contributed by atoms with E-state index in [1.165, 1.54) is 0 Å². The largest absolute Gasteiger partial charge is 0.477 e. The number of amides is 1. The Hall–Kier alpha value is -4.51. The summed E-state index contributed by atoms with van der Waals surface area (Å²) in [6.07, 6.45) is 0. The lowest BCUT2D eigenvalue weighted by Crippen LogP contribution is -2.20. The number of rotatable bonds is 7. The second kappa shape index (κ2) is 8.93. The molecule has 0 atom stereocenters. The number of ether oxygens (including phenoxy) is 1. The zero-order valence-electron chi connectivity index (χ0n) is 16.6. The molecule has 166 valence electrons. The van der Waals surface area contributed by atoms with Gasteiger partial charge < -0.3 is 14.5 Å². The summed E-state index contributed by atoms with van der Waals surface area (Å²) in [5.41, 5.74) is 1.26. The molecule has 4 aromatic rings. The third-order valence-electron chi connectivity index (χ3n) is 4.47. The van der Waals surface area contributed by atoms with Crippen molar-refractivity contribution in [2.24, 2.45) is 0 Å². The molecule has 3 aromatic carbocycles. The van der Waals surface area contributed by atoms with Crippen molar-refractivity contribution in [3.05, 3.63) is 85.9 Å². The summed E-state index contributed by atoms with van der Waals surface area (Å²) in [7, 11) is 0. The maximum atomic E-state index is 12.2. The summed E-state index contributed by atoms with van der Waals surface area (Å²) < 4.78 is 10.9. The number of nitrogens with one attached hydrogen (secondary N) is 1. The molecular formula is C21H13ClN4O7. The topological polar surface area (TPSA) is 151 Å². The predicted molar refractivity (Wildman–Crippen MR) is 118 cm³/mol. The Balaban J connectivity index is 1.41. The van der Waals surface area contributed by atoms with Crippen LogP contribution >= 0.6 is 11.6 Å². The van der Waals surface area contributed by atoms with Crippen LogP contribution in [0.15, 0.2) is 65.1 Å². The van der Waals surface area contributed by atoms with E-state index in [4.69, 9.17) is 20.8 Å². The summed E-state index contributed by atoms with van der Waals surface area (Å²) in [4.78, 5) is 36.9. The molecule has 0 saturated heterocycles. The minimum absolute atomic E-state index is 0.257. The molecule has 0 saturated carbocycles. The standard InChI is InChI=1S/C21H13ClN4O7/c22-13-3-7-18-16(9-13)24-21(33-18)12-1-4-14(5-2-12)23-20(27)11-32-19-8-6-15(25(28)29)10-17(19)26(30)31/h1-10H,11H2,(H,23,27). The number of aromatic nitrogens is 1. The van der Waals surface area contributed by atoms with Gasteiger partial charge >= 0.3 is 5.69 Å². The Morgan fingerprint density at radius 3 is 2.48 bits per heavy atom. The van der Waals surface area contributed by atoms with Crippen molar-refractivity contribution in [1.82, 2.24) is 4.98 Å². The van der Waals surface area contributed by atoms with Crippen molar-refractivity contribution in [3.8, 4) is 17.2 Å². The molecule has 1 amide bonds. The second-order valence-corrected chi connectivity index (χ2v) is 7.15. The lowest BCUT2D eigenvalue weighted by molar-refractivity contribution is -0.394. The van der Waals surface area contributed by atoms with Crippen molar-refractivity contribution in [1.29, 1.82) is 0 Å². The highest BCUT2D eigenvalue weighted by atomic mass is 35.5. The molecule has 0 unspecified atom stereocenters. The number of halogens is 1.